The molecule has 1 amide bonds. The second-order valence-electron chi connectivity index (χ2n) is 2.76. The van der Waals surface area contributed by atoms with Crippen LogP contribution in [0, 0.1) is 0 Å². The van der Waals surface area contributed by atoms with Crippen LogP contribution in [0.25, 0.3) is 0 Å². The standard InChI is InChI=1S/C8H18N4O2/c1-6(12-8(9)10-2)7(13)11-4-5-14-3/h6H,4-5H2,1-3H3,(H,11,13)(H3,9,10,12). The normalized spacial score (nSPS) is 13.5. The SMILES string of the molecule is CN=C(N)NC(C)C(=O)NCCOC. The molecule has 6 heteroatoms. The third-order valence-corrected chi connectivity index (χ3v) is 1.60. The number of methoxy groups -OCH3 is 1. The molecular formula is C8H18N4O2. The molecule has 0 aromatic heterocycles. The number of carbonyl (C=O) groups excluding carboxylic acids is 1. The Morgan fingerprint density at radius 2 is 2.29 bits per heavy atom. The van der Waals surface area contributed by atoms with E-state index in [0.29, 0.717) is 13.2 Å². The second kappa shape index (κ2) is 7.14. The zero-order valence-electron chi connectivity index (χ0n) is 8.83. The number of aliphatic imine (C=N–C) groups is 1. The molecule has 4 N–H and O–H groups in total. The highest BCUT2D eigenvalue weighted by Gasteiger charge is 2.11. The molecule has 0 aromatic carbocycles. The van der Waals surface area contributed by atoms with Crippen molar-refractivity contribution in [2.75, 3.05) is 27.3 Å². The van der Waals surface area contributed by atoms with E-state index in [1.54, 1.807) is 21.1 Å². The van der Waals surface area contributed by atoms with Gasteiger partial charge in [0.25, 0.3) is 0 Å². The van der Waals surface area contributed by atoms with Gasteiger partial charge in [-0.05, 0) is 6.92 Å². The van der Waals surface area contributed by atoms with Crippen molar-refractivity contribution in [3.63, 3.8) is 0 Å². The molecule has 0 aliphatic rings. The summed E-state index contributed by atoms with van der Waals surface area (Å²) in [6.07, 6.45) is 0. The van der Waals surface area contributed by atoms with Crippen molar-refractivity contribution in [3.8, 4) is 0 Å². The van der Waals surface area contributed by atoms with Gasteiger partial charge in [-0.3, -0.25) is 9.79 Å². The molecule has 0 saturated carbocycles. The van der Waals surface area contributed by atoms with E-state index in [2.05, 4.69) is 15.6 Å². The Morgan fingerprint density at radius 3 is 2.79 bits per heavy atom. The predicted octanol–water partition coefficient (Wildman–Crippen LogP) is -1.33. The van der Waals surface area contributed by atoms with Crippen LogP contribution in [0.3, 0.4) is 0 Å². The van der Waals surface area contributed by atoms with Crippen LogP contribution in [-0.2, 0) is 9.53 Å². The molecule has 1 atom stereocenters. The molecule has 0 saturated heterocycles. The van der Waals surface area contributed by atoms with Gasteiger partial charge in [0.2, 0.25) is 5.91 Å². The second-order valence-corrected chi connectivity index (χ2v) is 2.76. The average Bonchev–Trinajstić information content (AvgIpc) is 2.17. The lowest BCUT2D eigenvalue weighted by Gasteiger charge is -2.13. The summed E-state index contributed by atoms with van der Waals surface area (Å²) < 4.78 is 4.79. The van der Waals surface area contributed by atoms with Gasteiger partial charge >= 0.3 is 0 Å². The van der Waals surface area contributed by atoms with Crippen molar-refractivity contribution < 1.29 is 9.53 Å². The third-order valence-electron chi connectivity index (χ3n) is 1.60. The Hall–Kier alpha value is -1.30. The molecule has 0 aliphatic heterocycles. The zero-order valence-corrected chi connectivity index (χ0v) is 8.83. The van der Waals surface area contributed by atoms with E-state index in [1.165, 1.54) is 0 Å². The molecule has 0 fully saturated rings. The smallest absolute Gasteiger partial charge is 0.242 e. The highest BCUT2D eigenvalue weighted by molar-refractivity contribution is 5.87. The summed E-state index contributed by atoms with van der Waals surface area (Å²) in [5.41, 5.74) is 5.40. The van der Waals surface area contributed by atoms with E-state index in [1.807, 2.05) is 0 Å². The van der Waals surface area contributed by atoms with Crippen molar-refractivity contribution in [1.29, 1.82) is 0 Å². The molecule has 0 aromatic rings. The first-order valence-electron chi connectivity index (χ1n) is 4.37. The Bertz CT molecular complexity index is 206. The molecule has 6 nitrogen and oxygen atoms in total. The van der Waals surface area contributed by atoms with Crippen molar-refractivity contribution in [2.45, 2.75) is 13.0 Å². The number of nitrogens with one attached hydrogen (secondary N) is 2. The number of nitrogens with zero attached hydrogens (tertiary/aromatic N) is 1. The Labute approximate surface area is 83.9 Å². The van der Waals surface area contributed by atoms with Crippen LogP contribution in [0.15, 0.2) is 4.99 Å². The van der Waals surface area contributed by atoms with Crippen LogP contribution in [-0.4, -0.2) is 45.2 Å². The van der Waals surface area contributed by atoms with Crippen molar-refractivity contribution in [1.82, 2.24) is 10.6 Å². The Morgan fingerprint density at radius 1 is 1.64 bits per heavy atom. The largest absolute Gasteiger partial charge is 0.383 e. The molecule has 0 radical (unpaired) electrons. The molecule has 82 valence electrons. The van der Waals surface area contributed by atoms with Gasteiger partial charge in [-0.15, -0.1) is 0 Å². The molecule has 0 spiro atoms. The van der Waals surface area contributed by atoms with Crippen molar-refractivity contribution in [3.05, 3.63) is 0 Å². The number of carbonyl (C=O) groups is 1. The van der Waals surface area contributed by atoms with Gasteiger partial charge in [0, 0.05) is 20.7 Å². The monoisotopic (exact) mass is 202 g/mol. The van der Waals surface area contributed by atoms with Gasteiger partial charge < -0.3 is 21.1 Å². The fourth-order valence-electron chi connectivity index (χ4n) is 0.781. The zero-order chi connectivity index (χ0) is 11.0. The fraction of sp³-hybridized carbons (Fsp3) is 0.750. The number of guanidine groups is 1. The van der Waals surface area contributed by atoms with Crippen LogP contribution in [0.4, 0.5) is 0 Å². The Kier molecular flexibility index (Phi) is 6.47. The number of nitrogens with two attached hydrogens (primary N) is 1. The summed E-state index contributed by atoms with van der Waals surface area (Å²) in [7, 11) is 3.13. The highest BCUT2D eigenvalue weighted by atomic mass is 16.5. The third kappa shape index (κ3) is 5.36. The summed E-state index contributed by atoms with van der Waals surface area (Å²) in [6, 6.07) is -0.393. The molecule has 1 unspecified atom stereocenters. The number of ether oxygens (including phenoxy) is 1. The Balaban J connectivity index is 3.76. The van der Waals surface area contributed by atoms with Gasteiger partial charge in [-0.25, -0.2) is 0 Å². The summed E-state index contributed by atoms with van der Waals surface area (Å²) in [6.45, 7) is 2.69. The number of rotatable bonds is 5. The number of amides is 1. The summed E-state index contributed by atoms with van der Waals surface area (Å²) in [4.78, 5) is 15.0. The molecule has 0 aliphatic carbocycles. The van der Waals surface area contributed by atoms with E-state index < -0.39 is 6.04 Å². The highest BCUT2D eigenvalue weighted by Crippen LogP contribution is 1.80. The predicted molar refractivity (Wildman–Crippen MR) is 55.0 cm³/mol. The molecule has 0 bridgehead atoms. The van der Waals surface area contributed by atoms with Gasteiger partial charge in [-0.2, -0.15) is 0 Å². The minimum atomic E-state index is -0.393. The van der Waals surface area contributed by atoms with E-state index in [-0.39, 0.29) is 11.9 Å². The van der Waals surface area contributed by atoms with Crippen LogP contribution in [0.5, 0.6) is 0 Å². The lowest BCUT2D eigenvalue weighted by molar-refractivity contribution is -0.122. The molecule has 0 rings (SSSR count). The van der Waals surface area contributed by atoms with E-state index in [4.69, 9.17) is 10.5 Å². The summed E-state index contributed by atoms with van der Waals surface area (Å²) in [5.74, 6) is 0.119. The van der Waals surface area contributed by atoms with Gasteiger partial charge in [0.05, 0.1) is 6.61 Å². The average molecular weight is 202 g/mol. The quantitative estimate of drug-likeness (QED) is 0.293. The van der Waals surface area contributed by atoms with Crippen molar-refractivity contribution >= 4 is 11.9 Å². The van der Waals surface area contributed by atoms with Gasteiger partial charge in [0.15, 0.2) is 5.96 Å². The summed E-state index contributed by atoms with van der Waals surface area (Å²) in [5, 5.41) is 5.41. The van der Waals surface area contributed by atoms with Crippen LogP contribution in [0.2, 0.25) is 0 Å². The first kappa shape index (κ1) is 12.7. The molecule has 14 heavy (non-hydrogen) atoms. The summed E-state index contributed by atoms with van der Waals surface area (Å²) >= 11 is 0. The van der Waals surface area contributed by atoms with Crippen molar-refractivity contribution in [2.24, 2.45) is 10.7 Å². The lowest BCUT2D eigenvalue weighted by Crippen LogP contribution is -2.48. The lowest BCUT2D eigenvalue weighted by atomic mass is 10.3. The topological polar surface area (TPSA) is 88.7 Å². The first-order chi connectivity index (χ1) is 6.61. The molecule has 0 heterocycles. The minimum absolute atomic E-state index is 0.131. The first-order valence-corrected chi connectivity index (χ1v) is 4.37. The maximum atomic E-state index is 11.3. The van der Waals surface area contributed by atoms with Crippen LogP contribution in [0.1, 0.15) is 6.92 Å². The van der Waals surface area contributed by atoms with Crippen LogP contribution < -0.4 is 16.4 Å². The van der Waals surface area contributed by atoms with E-state index in [0.717, 1.165) is 0 Å². The number of hydrogen-bond donors (Lipinski definition) is 3. The van der Waals surface area contributed by atoms with Gasteiger partial charge in [0.1, 0.15) is 6.04 Å². The fourth-order valence-corrected chi connectivity index (χ4v) is 0.781. The number of hydrogen-bond acceptors (Lipinski definition) is 3. The van der Waals surface area contributed by atoms with E-state index >= 15 is 0 Å². The van der Waals surface area contributed by atoms with Gasteiger partial charge in [-0.1, -0.05) is 0 Å². The van der Waals surface area contributed by atoms with E-state index in [9.17, 15) is 4.79 Å². The van der Waals surface area contributed by atoms with Crippen LogP contribution >= 0.6 is 0 Å². The minimum Gasteiger partial charge on any atom is -0.383 e. The molecular weight excluding hydrogens is 184 g/mol. The maximum absolute atomic E-state index is 11.3. The maximum Gasteiger partial charge on any atom is 0.242 e.